The highest BCUT2D eigenvalue weighted by Crippen LogP contribution is 2.33. The second-order valence-corrected chi connectivity index (χ2v) is 11.2. The number of hydrogen-bond acceptors (Lipinski definition) is 4. The summed E-state index contributed by atoms with van der Waals surface area (Å²) in [6, 6.07) is 13.6. The summed E-state index contributed by atoms with van der Waals surface area (Å²) >= 11 is 0. The van der Waals surface area contributed by atoms with E-state index in [1.807, 2.05) is 26.0 Å². The largest absolute Gasteiger partial charge is 0.354 e. The van der Waals surface area contributed by atoms with Crippen molar-refractivity contribution in [1.29, 1.82) is 0 Å². The van der Waals surface area contributed by atoms with Gasteiger partial charge in [0.05, 0.1) is 11.4 Å². The van der Waals surface area contributed by atoms with E-state index in [4.69, 9.17) is 0 Å². The summed E-state index contributed by atoms with van der Waals surface area (Å²) in [6.07, 6.45) is 0.783. The zero-order valence-corrected chi connectivity index (χ0v) is 20.8. The van der Waals surface area contributed by atoms with Gasteiger partial charge >= 0.3 is 0 Å². The first-order chi connectivity index (χ1) is 15.5. The summed E-state index contributed by atoms with van der Waals surface area (Å²) in [5, 5.41) is 2.93. The van der Waals surface area contributed by atoms with E-state index in [0.717, 1.165) is 21.9 Å². The van der Waals surface area contributed by atoms with Crippen molar-refractivity contribution < 1.29 is 18.0 Å². The second-order valence-electron chi connectivity index (χ2n) is 9.30. The molecular formula is C25H33N3O4S. The van der Waals surface area contributed by atoms with E-state index in [0.29, 0.717) is 18.2 Å². The van der Waals surface area contributed by atoms with Crippen molar-refractivity contribution in [1.82, 2.24) is 9.62 Å². The van der Waals surface area contributed by atoms with Crippen LogP contribution in [0.25, 0.3) is 0 Å². The van der Waals surface area contributed by atoms with Gasteiger partial charge in [-0.2, -0.15) is 4.31 Å². The van der Waals surface area contributed by atoms with Crippen LogP contribution in [0.5, 0.6) is 0 Å². The van der Waals surface area contributed by atoms with Crippen molar-refractivity contribution >= 4 is 27.5 Å². The second kappa shape index (κ2) is 9.65. The first-order valence-corrected chi connectivity index (χ1v) is 12.6. The van der Waals surface area contributed by atoms with Gasteiger partial charge in [0.2, 0.25) is 21.8 Å². The van der Waals surface area contributed by atoms with Crippen LogP contribution in [0.15, 0.2) is 53.4 Å². The number of amides is 2. The lowest BCUT2D eigenvalue weighted by atomic mass is 9.93. The lowest BCUT2D eigenvalue weighted by Gasteiger charge is -2.46. The zero-order valence-electron chi connectivity index (χ0n) is 20.0. The fourth-order valence-corrected chi connectivity index (χ4v) is 5.51. The molecule has 0 spiro atoms. The molecule has 1 aliphatic heterocycles. The quantitative estimate of drug-likeness (QED) is 0.672. The normalized spacial score (nSPS) is 19.7. The van der Waals surface area contributed by atoms with Gasteiger partial charge < -0.3 is 5.32 Å². The molecule has 1 atom stereocenters. The Bertz CT molecular complexity index is 1130. The van der Waals surface area contributed by atoms with E-state index in [-0.39, 0.29) is 23.9 Å². The highest BCUT2D eigenvalue weighted by Gasteiger charge is 2.51. The van der Waals surface area contributed by atoms with E-state index < -0.39 is 21.5 Å². The van der Waals surface area contributed by atoms with Crippen molar-refractivity contribution in [3.05, 3.63) is 59.7 Å². The molecule has 1 unspecified atom stereocenters. The third-order valence-corrected chi connectivity index (χ3v) is 7.97. The van der Waals surface area contributed by atoms with E-state index in [9.17, 15) is 18.0 Å². The van der Waals surface area contributed by atoms with Gasteiger partial charge in [0, 0.05) is 18.8 Å². The number of anilines is 1. The Morgan fingerprint density at radius 2 is 1.76 bits per heavy atom. The molecule has 8 heteroatoms. The van der Waals surface area contributed by atoms with Gasteiger partial charge in [-0.05, 0) is 68.5 Å². The lowest BCUT2D eigenvalue weighted by molar-refractivity contribution is -0.132. The maximum absolute atomic E-state index is 13.5. The van der Waals surface area contributed by atoms with Crippen LogP contribution in [0.2, 0.25) is 0 Å². The number of carbonyl (C=O) groups excluding carboxylic acids is 2. The van der Waals surface area contributed by atoms with Gasteiger partial charge in [-0.3, -0.25) is 14.5 Å². The number of rotatable bonds is 7. The van der Waals surface area contributed by atoms with Gasteiger partial charge in [-0.25, -0.2) is 8.42 Å². The maximum Gasteiger partial charge on any atom is 0.247 e. The standard InChI is InChI=1S/C25H33N3O4S/c1-18(2)13-14-26-24(30)25(5)17-27(33(31,32)22-9-7-6-8-10-22)16-23(29)28(25)21-12-11-19(3)20(4)15-21/h6-12,15,18H,13-14,16-17H2,1-5H3,(H,26,30). The number of sulfonamides is 1. The van der Waals surface area contributed by atoms with Crippen LogP contribution in [0.3, 0.4) is 0 Å². The Balaban J connectivity index is 2.02. The molecule has 1 N–H and O–H groups in total. The number of piperazine rings is 1. The Morgan fingerprint density at radius 1 is 1.09 bits per heavy atom. The summed E-state index contributed by atoms with van der Waals surface area (Å²) in [7, 11) is -3.95. The minimum absolute atomic E-state index is 0.0972. The smallest absolute Gasteiger partial charge is 0.247 e. The summed E-state index contributed by atoms with van der Waals surface area (Å²) in [4.78, 5) is 28.4. The first-order valence-electron chi connectivity index (χ1n) is 11.2. The summed E-state index contributed by atoms with van der Waals surface area (Å²) in [5.41, 5.74) is 1.23. The van der Waals surface area contributed by atoms with Crippen molar-refractivity contribution in [3.63, 3.8) is 0 Å². The van der Waals surface area contributed by atoms with Gasteiger partial charge in [-0.15, -0.1) is 0 Å². The van der Waals surface area contributed by atoms with Crippen LogP contribution >= 0.6 is 0 Å². The highest BCUT2D eigenvalue weighted by atomic mass is 32.2. The molecule has 0 aliphatic carbocycles. The molecular weight excluding hydrogens is 438 g/mol. The molecule has 2 aromatic rings. The minimum atomic E-state index is -3.95. The van der Waals surface area contributed by atoms with E-state index in [1.165, 1.54) is 17.0 Å². The number of nitrogens with zero attached hydrogens (tertiary/aromatic N) is 2. The number of carbonyl (C=O) groups is 2. The van der Waals surface area contributed by atoms with Gasteiger partial charge in [0.15, 0.2) is 0 Å². The van der Waals surface area contributed by atoms with E-state index in [1.54, 1.807) is 31.2 Å². The molecule has 0 bridgehead atoms. The van der Waals surface area contributed by atoms with E-state index >= 15 is 0 Å². The number of hydrogen-bond donors (Lipinski definition) is 1. The summed E-state index contributed by atoms with van der Waals surface area (Å²) in [6.45, 7) is 9.66. The molecule has 1 heterocycles. The molecule has 1 fully saturated rings. The molecule has 7 nitrogen and oxygen atoms in total. The maximum atomic E-state index is 13.5. The Labute approximate surface area is 196 Å². The van der Waals surface area contributed by atoms with Crippen molar-refractivity contribution in [2.45, 2.75) is 51.5 Å². The molecule has 0 aromatic heterocycles. The highest BCUT2D eigenvalue weighted by molar-refractivity contribution is 7.89. The van der Waals surface area contributed by atoms with Crippen LogP contribution in [0.4, 0.5) is 5.69 Å². The lowest BCUT2D eigenvalue weighted by Crippen LogP contribution is -2.70. The Kier molecular flexibility index (Phi) is 7.29. The van der Waals surface area contributed by atoms with Crippen molar-refractivity contribution in [2.75, 3.05) is 24.5 Å². The molecule has 2 amide bonds. The molecule has 33 heavy (non-hydrogen) atoms. The summed E-state index contributed by atoms with van der Waals surface area (Å²) in [5.74, 6) is -0.412. The van der Waals surface area contributed by atoms with Gasteiger partial charge in [-0.1, -0.05) is 38.1 Å². The topological polar surface area (TPSA) is 86.8 Å². The van der Waals surface area contributed by atoms with Crippen LogP contribution in [0.1, 0.15) is 38.3 Å². The van der Waals surface area contributed by atoms with E-state index in [2.05, 4.69) is 19.2 Å². The van der Waals surface area contributed by atoms with Crippen molar-refractivity contribution in [2.24, 2.45) is 5.92 Å². The zero-order chi connectivity index (χ0) is 24.4. The predicted octanol–water partition coefficient (Wildman–Crippen LogP) is 3.26. The number of benzene rings is 2. The molecule has 1 aliphatic rings. The SMILES string of the molecule is Cc1ccc(N2C(=O)CN(S(=O)(=O)c3ccccc3)CC2(C)C(=O)NCCC(C)C)cc1C. The molecule has 2 aromatic carbocycles. The summed E-state index contributed by atoms with van der Waals surface area (Å²) < 4.78 is 27.7. The number of nitrogens with one attached hydrogen (secondary N) is 1. The molecule has 0 saturated carbocycles. The molecule has 178 valence electrons. The van der Waals surface area contributed by atoms with Crippen LogP contribution in [-0.4, -0.2) is 49.7 Å². The van der Waals surface area contributed by atoms with Crippen molar-refractivity contribution in [3.8, 4) is 0 Å². The number of aryl methyl sites for hydroxylation is 2. The van der Waals surface area contributed by atoms with Gasteiger partial charge in [0.25, 0.3) is 0 Å². The average Bonchev–Trinajstić information content (AvgIpc) is 2.76. The Morgan fingerprint density at radius 3 is 2.36 bits per heavy atom. The van der Waals surface area contributed by atoms with Crippen LogP contribution in [0, 0.1) is 19.8 Å². The molecule has 3 rings (SSSR count). The average molecular weight is 472 g/mol. The molecule has 0 radical (unpaired) electrons. The first kappa shape index (κ1) is 24.9. The third-order valence-electron chi connectivity index (χ3n) is 6.16. The predicted molar refractivity (Wildman–Crippen MR) is 129 cm³/mol. The fourth-order valence-electron chi connectivity index (χ4n) is 4.01. The third kappa shape index (κ3) is 5.12. The minimum Gasteiger partial charge on any atom is -0.354 e. The van der Waals surface area contributed by atoms with Crippen LogP contribution in [-0.2, 0) is 19.6 Å². The van der Waals surface area contributed by atoms with Gasteiger partial charge in [0.1, 0.15) is 5.54 Å². The molecule has 1 saturated heterocycles. The Hall–Kier alpha value is -2.71. The van der Waals surface area contributed by atoms with Crippen LogP contribution < -0.4 is 10.2 Å². The monoisotopic (exact) mass is 471 g/mol. The fraction of sp³-hybridized carbons (Fsp3) is 0.440.